The molecular weight excluding hydrogens is 200 g/mol. The van der Waals surface area contributed by atoms with Crippen LogP contribution in [0.5, 0.6) is 0 Å². The molecule has 1 fully saturated rings. The minimum absolute atomic E-state index is 0.337. The zero-order chi connectivity index (χ0) is 11.8. The van der Waals surface area contributed by atoms with Crippen molar-refractivity contribution in [1.82, 2.24) is 0 Å². The third-order valence-electron chi connectivity index (χ3n) is 4.35. The molecule has 2 unspecified atom stereocenters. The van der Waals surface area contributed by atoms with Gasteiger partial charge in [-0.3, -0.25) is 0 Å². The van der Waals surface area contributed by atoms with E-state index in [0.29, 0.717) is 11.3 Å². The van der Waals surface area contributed by atoms with Crippen molar-refractivity contribution in [1.29, 1.82) is 0 Å². The summed E-state index contributed by atoms with van der Waals surface area (Å²) in [5.74, 6) is 0.337. The highest BCUT2D eigenvalue weighted by atomic mass is 16.5. The number of ether oxygens (including phenoxy) is 1. The fourth-order valence-electron chi connectivity index (χ4n) is 3.24. The van der Waals surface area contributed by atoms with Crippen LogP contribution in [0.1, 0.15) is 52.9 Å². The molecule has 1 aliphatic carbocycles. The van der Waals surface area contributed by atoms with Gasteiger partial charge in [-0.15, -0.1) is 0 Å². The second-order valence-corrected chi connectivity index (χ2v) is 6.31. The molecule has 0 spiro atoms. The van der Waals surface area contributed by atoms with Crippen molar-refractivity contribution < 1.29 is 9.84 Å². The molecule has 0 aromatic carbocycles. The topological polar surface area (TPSA) is 29.5 Å². The lowest BCUT2D eigenvalue weighted by molar-refractivity contribution is -0.0489. The average Bonchev–Trinajstić information content (AvgIpc) is 2.25. The first-order chi connectivity index (χ1) is 7.44. The lowest BCUT2D eigenvalue weighted by atomic mass is 9.63. The third kappa shape index (κ3) is 2.13. The van der Waals surface area contributed by atoms with E-state index in [2.05, 4.69) is 20.8 Å². The molecule has 16 heavy (non-hydrogen) atoms. The quantitative estimate of drug-likeness (QED) is 0.741. The summed E-state index contributed by atoms with van der Waals surface area (Å²) in [6.45, 7) is 7.58. The molecule has 0 amide bonds. The van der Waals surface area contributed by atoms with Crippen LogP contribution in [-0.2, 0) is 4.74 Å². The molecule has 1 saturated carbocycles. The Kier molecular flexibility index (Phi) is 3.04. The maximum atomic E-state index is 10.8. The Morgan fingerprint density at radius 3 is 2.69 bits per heavy atom. The fraction of sp³-hybridized carbons (Fsp3) is 0.857. The standard InChI is InChI=1S/C14H24O2/c1-11-9-13(2,3)6-7-14(11,15)12-5-4-8-16-10-12/h10-11,15H,4-9H2,1-3H3. The van der Waals surface area contributed by atoms with Gasteiger partial charge in [0, 0.05) is 0 Å². The minimum Gasteiger partial charge on any atom is -0.501 e. The van der Waals surface area contributed by atoms with Crippen molar-refractivity contribution in [2.24, 2.45) is 11.3 Å². The Hall–Kier alpha value is -0.500. The summed E-state index contributed by atoms with van der Waals surface area (Å²) in [6.07, 6.45) is 6.95. The third-order valence-corrected chi connectivity index (χ3v) is 4.35. The van der Waals surface area contributed by atoms with Crippen LogP contribution < -0.4 is 0 Å². The lowest BCUT2D eigenvalue weighted by Gasteiger charge is -2.46. The van der Waals surface area contributed by atoms with Gasteiger partial charge in [0.15, 0.2) is 0 Å². The van der Waals surface area contributed by atoms with Crippen LogP contribution in [0.4, 0.5) is 0 Å². The van der Waals surface area contributed by atoms with Gasteiger partial charge in [-0.2, -0.15) is 0 Å². The summed E-state index contributed by atoms with van der Waals surface area (Å²) >= 11 is 0. The molecule has 2 atom stereocenters. The molecule has 0 aromatic heterocycles. The minimum atomic E-state index is -0.601. The van der Waals surface area contributed by atoms with Crippen molar-refractivity contribution >= 4 is 0 Å². The van der Waals surface area contributed by atoms with Crippen LogP contribution in [0.3, 0.4) is 0 Å². The number of hydrogen-bond acceptors (Lipinski definition) is 2. The van der Waals surface area contributed by atoms with Gasteiger partial charge in [-0.05, 0) is 49.0 Å². The first-order valence-corrected chi connectivity index (χ1v) is 6.48. The summed E-state index contributed by atoms with van der Waals surface area (Å²) in [4.78, 5) is 0. The van der Waals surface area contributed by atoms with Crippen LogP contribution in [0.15, 0.2) is 11.8 Å². The van der Waals surface area contributed by atoms with Gasteiger partial charge in [0.25, 0.3) is 0 Å². The van der Waals surface area contributed by atoms with Crippen molar-refractivity contribution in [3.05, 3.63) is 11.8 Å². The maximum Gasteiger partial charge on any atom is 0.0914 e. The summed E-state index contributed by atoms with van der Waals surface area (Å²) in [5.41, 5.74) is 0.902. The Morgan fingerprint density at radius 2 is 2.12 bits per heavy atom. The largest absolute Gasteiger partial charge is 0.501 e. The Balaban J connectivity index is 2.16. The smallest absolute Gasteiger partial charge is 0.0914 e. The van der Waals surface area contributed by atoms with E-state index in [1.165, 1.54) is 0 Å². The van der Waals surface area contributed by atoms with E-state index in [-0.39, 0.29) is 0 Å². The number of hydrogen-bond donors (Lipinski definition) is 1. The van der Waals surface area contributed by atoms with Gasteiger partial charge < -0.3 is 9.84 Å². The van der Waals surface area contributed by atoms with E-state index in [1.807, 2.05) is 6.26 Å². The molecule has 1 N–H and O–H groups in total. The van der Waals surface area contributed by atoms with Crippen molar-refractivity contribution in [3.8, 4) is 0 Å². The molecule has 2 aliphatic rings. The molecule has 2 rings (SSSR count). The SMILES string of the molecule is CC1CC(C)(C)CCC1(O)C1=COCCC1. The highest BCUT2D eigenvalue weighted by molar-refractivity contribution is 5.19. The van der Waals surface area contributed by atoms with Crippen LogP contribution in [0, 0.1) is 11.3 Å². The van der Waals surface area contributed by atoms with E-state index in [9.17, 15) is 5.11 Å². The first kappa shape index (κ1) is 12.0. The summed E-state index contributed by atoms with van der Waals surface area (Å²) in [5, 5.41) is 10.8. The molecule has 2 heteroatoms. The highest BCUT2D eigenvalue weighted by Crippen LogP contribution is 2.48. The maximum absolute atomic E-state index is 10.8. The normalized spacial score (nSPS) is 38.8. The van der Waals surface area contributed by atoms with Crippen molar-refractivity contribution in [2.75, 3.05) is 6.61 Å². The lowest BCUT2D eigenvalue weighted by Crippen LogP contribution is -2.46. The Labute approximate surface area is 98.7 Å². The van der Waals surface area contributed by atoms with Gasteiger partial charge in [0.1, 0.15) is 0 Å². The zero-order valence-electron chi connectivity index (χ0n) is 10.8. The molecule has 1 aliphatic heterocycles. The van der Waals surface area contributed by atoms with Crippen LogP contribution >= 0.6 is 0 Å². The molecular formula is C14H24O2. The second kappa shape index (κ2) is 4.06. The molecule has 1 heterocycles. The molecule has 0 bridgehead atoms. The van der Waals surface area contributed by atoms with E-state index in [0.717, 1.165) is 44.3 Å². The first-order valence-electron chi connectivity index (χ1n) is 6.48. The van der Waals surface area contributed by atoms with Gasteiger partial charge in [0.05, 0.1) is 18.5 Å². The van der Waals surface area contributed by atoms with Gasteiger partial charge in [-0.25, -0.2) is 0 Å². The van der Waals surface area contributed by atoms with Gasteiger partial charge in [-0.1, -0.05) is 20.8 Å². The molecule has 92 valence electrons. The van der Waals surface area contributed by atoms with Crippen LogP contribution in [0.2, 0.25) is 0 Å². The summed E-state index contributed by atoms with van der Waals surface area (Å²) in [7, 11) is 0. The van der Waals surface area contributed by atoms with Crippen LogP contribution in [-0.4, -0.2) is 17.3 Å². The Bertz CT molecular complexity index is 293. The summed E-state index contributed by atoms with van der Waals surface area (Å²) < 4.78 is 5.38. The van der Waals surface area contributed by atoms with Crippen LogP contribution in [0.25, 0.3) is 0 Å². The predicted octanol–water partition coefficient (Wildman–Crippen LogP) is 3.26. The van der Waals surface area contributed by atoms with Crippen molar-refractivity contribution in [2.45, 2.75) is 58.5 Å². The molecule has 2 nitrogen and oxygen atoms in total. The van der Waals surface area contributed by atoms with E-state index >= 15 is 0 Å². The number of rotatable bonds is 1. The second-order valence-electron chi connectivity index (χ2n) is 6.31. The molecule has 0 aromatic rings. The molecule has 0 saturated heterocycles. The summed E-state index contributed by atoms with van der Waals surface area (Å²) in [6, 6.07) is 0. The zero-order valence-corrected chi connectivity index (χ0v) is 10.8. The van der Waals surface area contributed by atoms with Crippen molar-refractivity contribution in [3.63, 3.8) is 0 Å². The Morgan fingerprint density at radius 1 is 1.38 bits per heavy atom. The van der Waals surface area contributed by atoms with E-state index in [1.54, 1.807) is 0 Å². The predicted molar refractivity (Wildman–Crippen MR) is 65.0 cm³/mol. The van der Waals surface area contributed by atoms with Gasteiger partial charge >= 0.3 is 0 Å². The average molecular weight is 224 g/mol. The number of aliphatic hydroxyl groups is 1. The monoisotopic (exact) mass is 224 g/mol. The fourth-order valence-corrected chi connectivity index (χ4v) is 3.24. The van der Waals surface area contributed by atoms with E-state index < -0.39 is 5.60 Å². The molecule has 0 radical (unpaired) electrons. The van der Waals surface area contributed by atoms with E-state index in [4.69, 9.17) is 4.74 Å². The highest BCUT2D eigenvalue weighted by Gasteiger charge is 2.45. The van der Waals surface area contributed by atoms with Gasteiger partial charge in [0.2, 0.25) is 0 Å².